The lowest BCUT2D eigenvalue weighted by molar-refractivity contribution is -0.274. The van der Waals surface area contributed by atoms with Crippen molar-refractivity contribution in [1.82, 2.24) is 0 Å². The van der Waals surface area contributed by atoms with E-state index < -0.39 is 17.9 Å². The van der Waals surface area contributed by atoms with Crippen LogP contribution in [0.4, 0.5) is 23.2 Å². The molecule has 0 saturated carbocycles. The SMILES string of the molecule is O=CNc1ccc(OC(F)(F)F)cc1F. The molecule has 0 heterocycles. The molecular weight excluding hydrogens is 218 g/mol. The second kappa shape index (κ2) is 4.16. The van der Waals surface area contributed by atoms with Crippen molar-refractivity contribution in [3.8, 4) is 5.75 Å². The van der Waals surface area contributed by atoms with Gasteiger partial charge in [0.2, 0.25) is 6.41 Å². The van der Waals surface area contributed by atoms with Crippen molar-refractivity contribution < 1.29 is 27.1 Å². The Kier molecular flexibility index (Phi) is 3.13. The highest BCUT2D eigenvalue weighted by Crippen LogP contribution is 2.25. The molecule has 15 heavy (non-hydrogen) atoms. The lowest BCUT2D eigenvalue weighted by Gasteiger charge is -2.09. The zero-order chi connectivity index (χ0) is 11.5. The number of halogens is 4. The average Bonchev–Trinajstić information content (AvgIpc) is 2.07. The number of ether oxygens (including phenoxy) is 1. The van der Waals surface area contributed by atoms with Gasteiger partial charge in [0.25, 0.3) is 0 Å². The number of benzene rings is 1. The van der Waals surface area contributed by atoms with Crippen LogP contribution in [0.2, 0.25) is 0 Å². The van der Waals surface area contributed by atoms with E-state index in [1.165, 1.54) is 0 Å². The molecule has 0 spiro atoms. The van der Waals surface area contributed by atoms with Crippen LogP contribution in [0.3, 0.4) is 0 Å². The van der Waals surface area contributed by atoms with E-state index in [1.54, 1.807) is 0 Å². The van der Waals surface area contributed by atoms with Crippen LogP contribution >= 0.6 is 0 Å². The van der Waals surface area contributed by atoms with Gasteiger partial charge in [-0.25, -0.2) is 4.39 Å². The summed E-state index contributed by atoms with van der Waals surface area (Å²) in [5.74, 6) is -1.69. The first-order valence-electron chi connectivity index (χ1n) is 3.68. The minimum Gasteiger partial charge on any atom is -0.406 e. The second-order valence-electron chi connectivity index (χ2n) is 2.45. The van der Waals surface area contributed by atoms with Crippen LogP contribution in [-0.4, -0.2) is 12.8 Å². The Balaban J connectivity index is 2.86. The number of hydrogen-bond donors (Lipinski definition) is 1. The molecule has 0 aliphatic heterocycles. The topological polar surface area (TPSA) is 38.3 Å². The first kappa shape index (κ1) is 11.3. The van der Waals surface area contributed by atoms with Crippen LogP contribution in [0, 0.1) is 5.82 Å². The molecule has 0 aromatic heterocycles. The molecule has 1 rings (SSSR count). The van der Waals surface area contributed by atoms with Gasteiger partial charge in [0.05, 0.1) is 5.69 Å². The fourth-order valence-electron chi connectivity index (χ4n) is 0.873. The maximum atomic E-state index is 12.9. The number of carbonyl (C=O) groups is 1. The van der Waals surface area contributed by atoms with Gasteiger partial charge in [-0.05, 0) is 12.1 Å². The minimum absolute atomic E-state index is 0.211. The van der Waals surface area contributed by atoms with Gasteiger partial charge in [-0.15, -0.1) is 13.2 Å². The first-order valence-corrected chi connectivity index (χ1v) is 3.68. The number of hydrogen-bond acceptors (Lipinski definition) is 2. The molecule has 1 aromatic rings. The standard InChI is InChI=1S/C8H5F4NO2/c9-6-3-5(15-8(10,11)12)1-2-7(6)13-4-14/h1-4H,(H,13,14). The fourth-order valence-corrected chi connectivity index (χ4v) is 0.873. The van der Waals surface area contributed by atoms with Gasteiger partial charge >= 0.3 is 6.36 Å². The van der Waals surface area contributed by atoms with Gasteiger partial charge in [-0.3, -0.25) is 4.79 Å². The third-order valence-corrected chi connectivity index (χ3v) is 1.39. The molecule has 1 amide bonds. The lowest BCUT2D eigenvalue weighted by Crippen LogP contribution is -2.17. The smallest absolute Gasteiger partial charge is 0.406 e. The van der Waals surface area contributed by atoms with Crippen LogP contribution in [0.15, 0.2) is 18.2 Å². The van der Waals surface area contributed by atoms with E-state index in [1.807, 2.05) is 5.32 Å². The Morgan fingerprint density at radius 2 is 2.00 bits per heavy atom. The predicted octanol–water partition coefficient (Wildman–Crippen LogP) is 2.29. The summed E-state index contributed by atoms with van der Waals surface area (Å²) in [5.41, 5.74) is -0.223. The molecule has 0 radical (unpaired) electrons. The third-order valence-electron chi connectivity index (χ3n) is 1.39. The van der Waals surface area contributed by atoms with Gasteiger partial charge in [0.15, 0.2) is 0 Å². The largest absolute Gasteiger partial charge is 0.573 e. The average molecular weight is 223 g/mol. The van der Waals surface area contributed by atoms with E-state index in [4.69, 9.17) is 0 Å². The molecule has 0 aliphatic rings. The molecule has 0 saturated heterocycles. The molecule has 0 bridgehead atoms. The van der Waals surface area contributed by atoms with Crippen LogP contribution in [0.1, 0.15) is 0 Å². The summed E-state index contributed by atoms with van der Waals surface area (Å²) in [6.45, 7) is 0. The summed E-state index contributed by atoms with van der Waals surface area (Å²) < 4.78 is 51.5. The van der Waals surface area contributed by atoms with Crippen LogP contribution < -0.4 is 10.1 Å². The van der Waals surface area contributed by atoms with Crippen molar-refractivity contribution in [2.24, 2.45) is 0 Å². The highest BCUT2D eigenvalue weighted by atomic mass is 19.4. The molecule has 1 N–H and O–H groups in total. The highest BCUT2D eigenvalue weighted by Gasteiger charge is 2.31. The normalized spacial score (nSPS) is 10.9. The molecule has 0 unspecified atom stereocenters. The molecule has 0 fully saturated rings. The van der Waals surface area contributed by atoms with E-state index in [0.717, 1.165) is 12.1 Å². The quantitative estimate of drug-likeness (QED) is 0.630. The maximum Gasteiger partial charge on any atom is 0.573 e. The number of amides is 1. The highest BCUT2D eigenvalue weighted by molar-refractivity contribution is 5.71. The summed E-state index contributed by atoms with van der Waals surface area (Å²) in [5, 5.41) is 1.97. The summed E-state index contributed by atoms with van der Waals surface area (Å²) >= 11 is 0. The molecule has 3 nitrogen and oxygen atoms in total. The van der Waals surface area contributed by atoms with Crippen molar-refractivity contribution in [2.45, 2.75) is 6.36 Å². The maximum absolute atomic E-state index is 12.9. The van der Waals surface area contributed by atoms with Crippen molar-refractivity contribution in [3.63, 3.8) is 0 Å². The Bertz CT molecular complexity index is 364. The van der Waals surface area contributed by atoms with Gasteiger partial charge in [0.1, 0.15) is 11.6 Å². The minimum atomic E-state index is -4.87. The zero-order valence-electron chi connectivity index (χ0n) is 7.14. The second-order valence-corrected chi connectivity index (χ2v) is 2.45. The van der Waals surface area contributed by atoms with Crippen LogP contribution in [0.25, 0.3) is 0 Å². The van der Waals surface area contributed by atoms with Gasteiger partial charge in [-0.2, -0.15) is 0 Å². The molecular formula is C8H5F4NO2. The summed E-state index contributed by atoms with van der Waals surface area (Å²) in [6.07, 6.45) is -4.66. The lowest BCUT2D eigenvalue weighted by atomic mass is 10.3. The summed E-state index contributed by atoms with van der Waals surface area (Å²) in [6, 6.07) is 2.38. The number of alkyl halides is 3. The van der Waals surface area contributed by atoms with Gasteiger partial charge < -0.3 is 10.1 Å². The third kappa shape index (κ3) is 3.45. The number of rotatable bonds is 3. The zero-order valence-corrected chi connectivity index (χ0v) is 7.14. The van der Waals surface area contributed by atoms with E-state index in [-0.39, 0.29) is 12.1 Å². The number of anilines is 1. The summed E-state index contributed by atoms with van der Waals surface area (Å²) in [4.78, 5) is 9.95. The first-order chi connectivity index (χ1) is 6.92. The van der Waals surface area contributed by atoms with Crippen molar-refractivity contribution >= 4 is 12.1 Å². The van der Waals surface area contributed by atoms with Crippen molar-refractivity contribution in [2.75, 3.05) is 5.32 Å². The molecule has 1 aromatic carbocycles. The Morgan fingerprint density at radius 3 is 2.47 bits per heavy atom. The monoisotopic (exact) mass is 223 g/mol. The Morgan fingerprint density at radius 1 is 1.33 bits per heavy atom. The van der Waals surface area contributed by atoms with E-state index in [9.17, 15) is 22.4 Å². The molecule has 0 atom stereocenters. The van der Waals surface area contributed by atoms with Crippen LogP contribution in [-0.2, 0) is 4.79 Å². The predicted molar refractivity (Wildman–Crippen MR) is 42.8 cm³/mol. The van der Waals surface area contributed by atoms with Crippen molar-refractivity contribution in [3.05, 3.63) is 24.0 Å². The Hall–Kier alpha value is -1.79. The van der Waals surface area contributed by atoms with E-state index in [2.05, 4.69) is 4.74 Å². The number of carbonyl (C=O) groups excluding carboxylic acids is 1. The van der Waals surface area contributed by atoms with E-state index >= 15 is 0 Å². The fraction of sp³-hybridized carbons (Fsp3) is 0.125. The van der Waals surface area contributed by atoms with Crippen LogP contribution in [0.5, 0.6) is 5.75 Å². The molecule has 82 valence electrons. The number of nitrogens with one attached hydrogen (secondary N) is 1. The summed E-state index contributed by atoms with van der Waals surface area (Å²) in [7, 11) is 0. The van der Waals surface area contributed by atoms with Gasteiger partial charge in [-0.1, -0.05) is 0 Å². The molecule has 7 heteroatoms. The molecule has 0 aliphatic carbocycles. The van der Waals surface area contributed by atoms with Gasteiger partial charge in [0, 0.05) is 6.07 Å². The Labute approximate surface area is 81.6 Å². The van der Waals surface area contributed by atoms with E-state index in [0.29, 0.717) is 6.07 Å². The van der Waals surface area contributed by atoms with Crippen molar-refractivity contribution in [1.29, 1.82) is 0 Å².